The van der Waals surface area contributed by atoms with Gasteiger partial charge in [-0.05, 0) is 30.4 Å². The van der Waals surface area contributed by atoms with E-state index in [9.17, 15) is 13.2 Å². The van der Waals surface area contributed by atoms with E-state index in [4.69, 9.17) is 26.2 Å². The number of pyridine rings is 1. The average molecular weight is 394 g/mol. The third kappa shape index (κ3) is 4.77. The van der Waals surface area contributed by atoms with Crippen molar-refractivity contribution in [2.24, 2.45) is 0 Å². The second-order valence-electron chi connectivity index (χ2n) is 6.59. The minimum atomic E-state index is -5.08. The molecule has 3 heterocycles. The van der Waals surface area contributed by atoms with Crippen LogP contribution in [0.3, 0.4) is 0 Å². The zero-order valence-corrected chi connectivity index (χ0v) is 14.6. The topological polar surface area (TPSA) is 74.7 Å². The Kier molecular flexibility index (Phi) is 5.59. The van der Waals surface area contributed by atoms with Crippen LogP contribution in [0.4, 0.5) is 18.9 Å². The first-order valence-electron chi connectivity index (χ1n) is 8.30. The van der Waals surface area contributed by atoms with Gasteiger partial charge in [-0.25, -0.2) is 9.78 Å². The van der Waals surface area contributed by atoms with Crippen LogP contribution in [0.2, 0.25) is 5.15 Å². The van der Waals surface area contributed by atoms with Crippen molar-refractivity contribution in [3.05, 3.63) is 23.0 Å². The number of rotatable bonds is 2. The van der Waals surface area contributed by atoms with Crippen molar-refractivity contribution in [2.75, 3.05) is 31.1 Å². The highest BCUT2D eigenvalue weighted by Crippen LogP contribution is 2.43. The number of nitrogens with zero attached hydrogens (tertiary/aromatic N) is 2. The maximum atomic E-state index is 10.6. The molecule has 0 amide bonds. The molecule has 4 rings (SSSR count). The number of aliphatic carboxylic acids is 1. The lowest BCUT2D eigenvalue weighted by molar-refractivity contribution is -0.192. The molecule has 6 nitrogen and oxygen atoms in total. The number of carboxylic acids is 1. The minimum Gasteiger partial charge on any atom is -0.475 e. The first-order valence-corrected chi connectivity index (χ1v) is 8.68. The highest BCUT2D eigenvalue weighted by molar-refractivity contribution is 6.30. The first kappa shape index (κ1) is 19.2. The predicted molar refractivity (Wildman–Crippen MR) is 88.7 cm³/mol. The third-order valence-electron chi connectivity index (χ3n) is 4.45. The molecule has 3 fully saturated rings. The molecule has 0 spiro atoms. The van der Waals surface area contributed by atoms with Crippen molar-refractivity contribution >= 4 is 23.3 Å². The van der Waals surface area contributed by atoms with Crippen LogP contribution in [-0.4, -0.2) is 60.6 Å². The molecule has 144 valence electrons. The lowest BCUT2D eigenvalue weighted by atomic mass is 10.1. The van der Waals surface area contributed by atoms with E-state index in [0.29, 0.717) is 23.3 Å². The molecule has 0 radical (unpaired) electrons. The van der Waals surface area contributed by atoms with Gasteiger partial charge in [-0.1, -0.05) is 11.6 Å². The first-order chi connectivity index (χ1) is 12.2. The second-order valence-corrected chi connectivity index (χ2v) is 6.95. The highest BCUT2D eigenvalue weighted by atomic mass is 35.5. The third-order valence-corrected chi connectivity index (χ3v) is 4.77. The van der Waals surface area contributed by atoms with Gasteiger partial charge < -0.3 is 20.1 Å². The van der Waals surface area contributed by atoms with Gasteiger partial charge in [0.25, 0.3) is 0 Å². The molecule has 2 unspecified atom stereocenters. The molecule has 2 saturated heterocycles. The Morgan fingerprint density at radius 2 is 1.88 bits per heavy atom. The lowest BCUT2D eigenvalue weighted by Gasteiger charge is -2.42. The number of alkyl halides is 3. The molecule has 1 saturated carbocycles. The fraction of sp³-hybridized carbons (Fsp3) is 0.625. The molecule has 1 aromatic rings. The number of aromatic nitrogens is 1. The number of hydrogen-bond donors (Lipinski definition) is 2. The van der Waals surface area contributed by atoms with Crippen LogP contribution in [0, 0.1) is 0 Å². The van der Waals surface area contributed by atoms with E-state index < -0.39 is 12.1 Å². The summed E-state index contributed by atoms with van der Waals surface area (Å²) >= 11 is 6.20. The van der Waals surface area contributed by atoms with Crippen molar-refractivity contribution in [2.45, 2.75) is 37.1 Å². The van der Waals surface area contributed by atoms with Gasteiger partial charge in [0.2, 0.25) is 0 Å². The Morgan fingerprint density at radius 1 is 1.31 bits per heavy atom. The fourth-order valence-electron chi connectivity index (χ4n) is 3.07. The minimum absolute atomic E-state index is 0.299. The van der Waals surface area contributed by atoms with E-state index in [0.717, 1.165) is 26.2 Å². The zero-order valence-electron chi connectivity index (χ0n) is 13.8. The van der Waals surface area contributed by atoms with Crippen LogP contribution in [0.25, 0.3) is 0 Å². The van der Waals surface area contributed by atoms with Crippen molar-refractivity contribution in [1.82, 2.24) is 10.3 Å². The molecular formula is C16H19ClF3N3O3. The normalized spacial score (nSPS) is 25.3. The number of halogens is 4. The summed E-state index contributed by atoms with van der Waals surface area (Å²) in [4.78, 5) is 15.7. The van der Waals surface area contributed by atoms with E-state index in [1.165, 1.54) is 24.1 Å². The number of hydrogen-bond acceptors (Lipinski definition) is 5. The summed E-state index contributed by atoms with van der Waals surface area (Å²) in [5, 5.41) is 11.2. The van der Waals surface area contributed by atoms with Gasteiger partial charge in [0.1, 0.15) is 5.15 Å². The van der Waals surface area contributed by atoms with Crippen molar-refractivity contribution < 1.29 is 27.8 Å². The molecule has 3 aliphatic rings. The molecule has 1 aromatic heterocycles. The van der Waals surface area contributed by atoms with Crippen molar-refractivity contribution in [3.8, 4) is 0 Å². The number of nitrogens with one attached hydrogen (secondary N) is 1. The van der Waals surface area contributed by atoms with E-state index in [-0.39, 0.29) is 0 Å². The van der Waals surface area contributed by atoms with Crippen molar-refractivity contribution in [1.29, 1.82) is 0 Å². The smallest absolute Gasteiger partial charge is 0.475 e. The molecule has 10 heteroatoms. The summed E-state index contributed by atoms with van der Waals surface area (Å²) in [7, 11) is 0. The largest absolute Gasteiger partial charge is 0.490 e. The number of fused-ring (bicyclic) bond motifs is 2. The van der Waals surface area contributed by atoms with Gasteiger partial charge in [0, 0.05) is 26.2 Å². The van der Waals surface area contributed by atoms with Gasteiger partial charge in [-0.2, -0.15) is 13.2 Å². The van der Waals surface area contributed by atoms with E-state index in [2.05, 4.69) is 21.3 Å². The lowest BCUT2D eigenvalue weighted by Crippen LogP contribution is -2.58. The molecule has 26 heavy (non-hydrogen) atoms. The Balaban J connectivity index is 0.000000242. The molecule has 2 aliphatic heterocycles. The van der Waals surface area contributed by atoms with Crippen LogP contribution in [-0.2, 0) is 9.53 Å². The second kappa shape index (κ2) is 7.58. The quantitative estimate of drug-likeness (QED) is 0.752. The SMILES string of the molecule is Clc1ncc(N2CC3CNCC(C2)O3)cc1C1CC1.O=C(O)C(F)(F)F. The molecular weight excluding hydrogens is 375 g/mol. The maximum Gasteiger partial charge on any atom is 0.490 e. The van der Waals surface area contributed by atoms with Crippen LogP contribution in [0.1, 0.15) is 24.3 Å². The fourth-order valence-corrected chi connectivity index (χ4v) is 3.33. The Labute approximate surface area is 153 Å². The van der Waals surface area contributed by atoms with E-state index >= 15 is 0 Å². The standard InChI is InChI=1S/C14H18ClN3O.C2HF3O2/c15-14-13(9-1-2-9)3-10(4-17-14)18-7-11-5-16-6-12(8-18)19-11;3-2(4,5)1(6)7/h3-4,9,11-12,16H,1-2,5-8H2;(H,6,7). The summed E-state index contributed by atoms with van der Waals surface area (Å²) in [6.07, 6.45) is -0.0743. The zero-order chi connectivity index (χ0) is 18.9. The number of carboxylic acid groups (broad SMARTS) is 1. The molecule has 1 aliphatic carbocycles. The van der Waals surface area contributed by atoms with Crippen LogP contribution in [0.15, 0.2) is 12.3 Å². The van der Waals surface area contributed by atoms with Gasteiger partial charge in [0.15, 0.2) is 0 Å². The van der Waals surface area contributed by atoms with Crippen LogP contribution >= 0.6 is 11.6 Å². The summed E-state index contributed by atoms with van der Waals surface area (Å²) in [6.45, 7) is 3.78. The van der Waals surface area contributed by atoms with Crippen LogP contribution in [0.5, 0.6) is 0 Å². The average Bonchev–Trinajstić information content (AvgIpc) is 3.39. The summed E-state index contributed by atoms with van der Waals surface area (Å²) in [5.74, 6) is -2.12. The molecule has 2 bridgehead atoms. The Morgan fingerprint density at radius 3 is 2.38 bits per heavy atom. The Bertz CT molecular complexity index is 658. The molecule has 0 aromatic carbocycles. The Hall–Kier alpha value is -1.58. The van der Waals surface area contributed by atoms with Gasteiger partial charge in [-0.3, -0.25) is 0 Å². The summed E-state index contributed by atoms with van der Waals surface area (Å²) < 4.78 is 37.7. The monoisotopic (exact) mass is 393 g/mol. The van der Waals surface area contributed by atoms with Crippen LogP contribution < -0.4 is 10.2 Å². The maximum absolute atomic E-state index is 10.6. The van der Waals surface area contributed by atoms with E-state index in [1.807, 2.05) is 6.20 Å². The van der Waals surface area contributed by atoms with Gasteiger partial charge in [-0.15, -0.1) is 0 Å². The van der Waals surface area contributed by atoms with Gasteiger partial charge >= 0.3 is 12.1 Å². The summed E-state index contributed by atoms with van der Waals surface area (Å²) in [6, 6.07) is 2.24. The number of ether oxygens (including phenoxy) is 1. The number of morpholine rings is 2. The number of carbonyl (C=O) groups is 1. The number of anilines is 1. The van der Waals surface area contributed by atoms with E-state index in [1.54, 1.807) is 0 Å². The summed E-state index contributed by atoms with van der Waals surface area (Å²) in [5.41, 5.74) is 2.43. The molecule has 2 N–H and O–H groups in total. The van der Waals surface area contributed by atoms with Gasteiger partial charge in [0.05, 0.1) is 24.1 Å². The molecule has 2 atom stereocenters. The highest BCUT2D eigenvalue weighted by Gasteiger charge is 2.38. The van der Waals surface area contributed by atoms with Crippen molar-refractivity contribution in [3.63, 3.8) is 0 Å². The predicted octanol–water partition coefficient (Wildman–Crippen LogP) is 2.42.